The number of amides is 1. The summed E-state index contributed by atoms with van der Waals surface area (Å²) in [6.07, 6.45) is 0. The van der Waals surface area contributed by atoms with Crippen molar-refractivity contribution in [3.63, 3.8) is 0 Å². The molecule has 20 heavy (non-hydrogen) atoms. The van der Waals surface area contributed by atoms with E-state index in [2.05, 4.69) is 4.98 Å². The number of hydrogen-bond donors (Lipinski definition) is 2. The molecule has 0 bridgehead atoms. The average Bonchev–Trinajstić information content (AvgIpc) is 2.80. The smallest absolute Gasteiger partial charge is 0.265 e. The predicted octanol–water partition coefficient (Wildman–Crippen LogP) is 1.91. The average molecular weight is 269 g/mol. The number of nitrogens with one attached hydrogen (secondary N) is 1. The molecule has 3 rings (SSSR count). The van der Waals surface area contributed by atoms with Gasteiger partial charge >= 0.3 is 0 Å². The highest BCUT2D eigenvalue weighted by molar-refractivity contribution is 6.07. The Bertz CT molecular complexity index is 903. The molecule has 102 valence electrons. The predicted molar refractivity (Wildman–Crippen MR) is 79.0 cm³/mol. The van der Waals surface area contributed by atoms with E-state index in [0.29, 0.717) is 17.6 Å². The van der Waals surface area contributed by atoms with Crippen LogP contribution >= 0.6 is 0 Å². The fraction of sp³-hybridized carbons (Fsp3) is 0.200. The highest BCUT2D eigenvalue weighted by atomic mass is 16.1. The van der Waals surface area contributed by atoms with Gasteiger partial charge in [-0.15, -0.1) is 0 Å². The molecule has 0 radical (unpaired) electrons. The van der Waals surface area contributed by atoms with Crippen LogP contribution in [0, 0.1) is 6.92 Å². The van der Waals surface area contributed by atoms with Gasteiger partial charge in [0.05, 0.1) is 16.4 Å². The molecule has 3 aromatic rings. The summed E-state index contributed by atoms with van der Waals surface area (Å²) in [7, 11) is 0. The Morgan fingerprint density at radius 2 is 2.05 bits per heavy atom. The van der Waals surface area contributed by atoms with Crippen LogP contribution < -0.4 is 11.3 Å². The van der Waals surface area contributed by atoms with Crippen molar-refractivity contribution < 1.29 is 4.79 Å². The van der Waals surface area contributed by atoms with Gasteiger partial charge in [-0.05, 0) is 32.0 Å². The lowest BCUT2D eigenvalue weighted by molar-refractivity contribution is 0.0992. The number of fused-ring (bicyclic) bond motifs is 3. The lowest BCUT2D eigenvalue weighted by Gasteiger charge is -2.08. The van der Waals surface area contributed by atoms with Crippen molar-refractivity contribution in [2.24, 2.45) is 5.73 Å². The molecule has 1 amide bonds. The van der Waals surface area contributed by atoms with Crippen LogP contribution in [0.15, 0.2) is 29.1 Å². The topological polar surface area (TPSA) is 80.9 Å². The number of H-pyrrole nitrogens is 1. The van der Waals surface area contributed by atoms with E-state index in [1.165, 1.54) is 0 Å². The number of carbonyl (C=O) groups is 1. The van der Waals surface area contributed by atoms with Gasteiger partial charge in [-0.25, -0.2) is 0 Å². The molecule has 3 N–H and O–H groups in total. The number of benzene rings is 1. The number of aromatic nitrogens is 2. The zero-order chi connectivity index (χ0) is 14.4. The molecule has 0 fully saturated rings. The number of carbonyl (C=O) groups excluding carboxylic acids is 1. The van der Waals surface area contributed by atoms with E-state index < -0.39 is 5.91 Å². The van der Waals surface area contributed by atoms with Gasteiger partial charge in [0.1, 0.15) is 5.69 Å². The maximum absolute atomic E-state index is 12.2. The molecule has 5 nitrogen and oxygen atoms in total. The van der Waals surface area contributed by atoms with Crippen molar-refractivity contribution in [2.75, 3.05) is 0 Å². The normalized spacial score (nSPS) is 11.3. The second kappa shape index (κ2) is 4.23. The Morgan fingerprint density at radius 1 is 1.30 bits per heavy atom. The molecular weight excluding hydrogens is 254 g/mol. The summed E-state index contributed by atoms with van der Waals surface area (Å²) in [4.78, 5) is 26.6. The second-order valence-corrected chi connectivity index (χ2v) is 4.90. The molecular formula is C15H15N3O2. The van der Waals surface area contributed by atoms with Crippen molar-refractivity contribution in [3.8, 4) is 0 Å². The number of nitrogens with two attached hydrogens (primary N) is 1. The molecule has 1 aromatic carbocycles. The van der Waals surface area contributed by atoms with Crippen LogP contribution in [0.1, 0.15) is 23.0 Å². The van der Waals surface area contributed by atoms with Crippen molar-refractivity contribution >= 4 is 27.7 Å². The molecule has 0 aliphatic heterocycles. The number of primary amides is 1. The first kappa shape index (κ1) is 12.5. The zero-order valence-electron chi connectivity index (χ0n) is 11.4. The van der Waals surface area contributed by atoms with Gasteiger partial charge in [0.25, 0.3) is 11.5 Å². The Morgan fingerprint density at radius 3 is 2.70 bits per heavy atom. The standard InChI is InChI=1S/C15H15N3O2/c1-3-18-12(14(16)19)7-10-13(18)9-6-8(2)4-5-11(9)17-15(10)20/h4-7H,3H2,1-2H3,(H2,16,19)(H,17,20). The number of nitrogens with zero attached hydrogens (tertiary/aromatic N) is 1. The van der Waals surface area contributed by atoms with Gasteiger partial charge in [-0.3, -0.25) is 9.59 Å². The van der Waals surface area contributed by atoms with Crippen molar-refractivity contribution in [1.82, 2.24) is 9.55 Å². The summed E-state index contributed by atoms with van der Waals surface area (Å²) in [6, 6.07) is 7.40. The summed E-state index contributed by atoms with van der Waals surface area (Å²) in [5.41, 5.74) is 8.19. The van der Waals surface area contributed by atoms with Crippen LogP contribution in [0.3, 0.4) is 0 Å². The summed E-state index contributed by atoms with van der Waals surface area (Å²) in [6.45, 7) is 4.49. The first-order valence-electron chi connectivity index (χ1n) is 6.48. The largest absolute Gasteiger partial charge is 0.364 e. The molecule has 5 heteroatoms. The highest BCUT2D eigenvalue weighted by Crippen LogP contribution is 2.25. The SMILES string of the molecule is CCn1c(C(N)=O)cc2c(=O)[nH]c3ccc(C)cc3c21. The van der Waals surface area contributed by atoms with Gasteiger partial charge in [0.2, 0.25) is 0 Å². The summed E-state index contributed by atoms with van der Waals surface area (Å²) >= 11 is 0. The van der Waals surface area contributed by atoms with E-state index in [4.69, 9.17) is 5.73 Å². The van der Waals surface area contributed by atoms with Crippen molar-refractivity contribution in [2.45, 2.75) is 20.4 Å². The van der Waals surface area contributed by atoms with E-state index in [0.717, 1.165) is 22.0 Å². The minimum absolute atomic E-state index is 0.203. The van der Waals surface area contributed by atoms with Crippen LogP contribution in [-0.4, -0.2) is 15.5 Å². The third kappa shape index (κ3) is 1.63. The molecule has 0 saturated carbocycles. The number of pyridine rings is 1. The van der Waals surface area contributed by atoms with Crippen LogP contribution in [0.4, 0.5) is 0 Å². The zero-order valence-corrected chi connectivity index (χ0v) is 11.4. The van der Waals surface area contributed by atoms with E-state index in [9.17, 15) is 9.59 Å². The Labute approximate surface area is 115 Å². The van der Waals surface area contributed by atoms with Crippen molar-refractivity contribution in [3.05, 3.63) is 45.9 Å². The van der Waals surface area contributed by atoms with Crippen LogP contribution in [-0.2, 0) is 6.54 Å². The highest BCUT2D eigenvalue weighted by Gasteiger charge is 2.16. The van der Waals surface area contributed by atoms with Crippen LogP contribution in [0.25, 0.3) is 21.8 Å². The molecule has 0 unspecified atom stereocenters. The molecule has 2 heterocycles. The minimum Gasteiger partial charge on any atom is -0.364 e. The fourth-order valence-corrected chi connectivity index (χ4v) is 2.70. The van der Waals surface area contributed by atoms with Crippen LogP contribution in [0.5, 0.6) is 0 Å². The molecule has 0 saturated heterocycles. The minimum atomic E-state index is -0.525. The summed E-state index contributed by atoms with van der Waals surface area (Å²) in [5, 5.41) is 1.42. The first-order valence-corrected chi connectivity index (χ1v) is 6.48. The lowest BCUT2D eigenvalue weighted by Crippen LogP contribution is -2.16. The second-order valence-electron chi connectivity index (χ2n) is 4.90. The third-order valence-corrected chi connectivity index (χ3v) is 3.59. The Kier molecular flexibility index (Phi) is 2.64. The summed E-state index contributed by atoms with van der Waals surface area (Å²) in [5.74, 6) is -0.525. The van der Waals surface area contributed by atoms with E-state index in [-0.39, 0.29) is 5.56 Å². The maximum atomic E-state index is 12.2. The number of aromatic amines is 1. The van der Waals surface area contributed by atoms with Gasteiger partial charge in [-0.1, -0.05) is 11.6 Å². The Balaban J connectivity index is 2.62. The summed E-state index contributed by atoms with van der Waals surface area (Å²) < 4.78 is 1.80. The molecule has 2 aromatic heterocycles. The fourth-order valence-electron chi connectivity index (χ4n) is 2.70. The lowest BCUT2D eigenvalue weighted by atomic mass is 10.1. The molecule has 0 spiro atoms. The Hall–Kier alpha value is -2.56. The van der Waals surface area contributed by atoms with Gasteiger partial charge in [0, 0.05) is 11.9 Å². The molecule has 0 aliphatic carbocycles. The quantitative estimate of drug-likeness (QED) is 0.745. The van der Waals surface area contributed by atoms with E-state index >= 15 is 0 Å². The third-order valence-electron chi connectivity index (χ3n) is 3.59. The van der Waals surface area contributed by atoms with Gasteiger partial charge in [0.15, 0.2) is 0 Å². The van der Waals surface area contributed by atoms with Gasteiger partial charge in [-0.2, -0.15) is 0 Å². The first-order chi connectivity index (χ1) is 9.52. The monoisotopic (exact) mass is 269 g/mol. The molecule has 0 aliphatic rings. The maximum Gasteiger partial charge on any atom is 0.265 e. The van der Waals surface area contributed by atoms with E-state index in [1.54, 1.807) is 10.6 Å². The van der Waals surface area contributed by atoms with Crippen molar-refractivity contribution in [1.29, 1.82) is 0 Å². The van der Waals surface area contributed by atoms with E-state index in [1.807, 2.05) is 32.0 Å². The van der Waals surface area contributed by atoms with Crippen LogP contribution in [0.2, 0.25) is 0 Å². The van der Waals surface area contributed by atoms with Gasteiger partial charge < -0.3 is 15.3 Å². The number of rotatable bonds is 2. The number of hydrogen-bond acceptors (Lipinski definition) is 2. The molecule has 0 atom stereocenters. The number of aryl methyl sites for hydroxylation is 2.